The van der Waals surface area contributed by atoms with E-state index in [2.05, 4.69) is 15.4 Å². The molecule has 1 amide bonds. The van der Waals surface area contributed by atoms with Crippen LogP contribution in [0.25, 0.3) is 27.5 Å². The Morgan fingerprint density at radius 2 is 1.90 bits per heavy atom. The molecule has 0 radical (unpaired) electrons. The summed E-state index contributed by atoms with van der Waals surface area (Å²) in [4.78, 5) is 16.8. The quantitative estimate of drug-likeness (QED) is 0.489. The molecule has 0 spiro atoms. The van der Waals surface area contributed by atoms with Gasteiger partial charge >= 0.3 is 0 Å². The van der Waals surface area contributed by atoms with Gasteiger partial charge in [-0.2, -0.15) is 5.10 Å². The van der Waals surface area contributed by atoms with E-state index in [0.717, 1.165) is 11.1 Å². The van der Waals surface area contributed by atoms with Crippen molar-refractivity contribution in [1.29, 1.82) is 0 Å². The number of nitrogens with one attached hydrogen (secondary N) is 1. The van der Waals surface area contributed by atoms with Gasteiger partial charge in [-0.05, 0) is 46.9 Å². The summed E-state index contributed by atoms with van der Waals surface area (Å²) in [5, 5.41) is 8.13. The molecule has 1 aliphatic rings. The molecule has 154 valence electrons. The van der Waals surface area contributed by atoms with Crippen molar-refractivity contribution in [2.75, 3.05) is 11.1 Å². The number of halogens is 2. The summed E-state index contributed by atoms with van der Waals surface area (Å²) < 4.78 is 30.1. The molecule has 0 fully saturated rings. The monoisotopic (exact) mass is 417 g/mol. The number of carbonyl (C=O) groups is 1. The highest BCUT2D eigenvalue weighted by atomic mass is 19.1. The summed E-state index contributed by atoms with van der Waals surface area (Å²) in [5.74, 6) is -1.58. The van der Waals surface area contributed by atoms with Gasteiger partial charge in [0.15, 0.2) is 0 Å². The summed E-state index contributed by atoms with van der Waals surface area (Å²) in [6.45, 7) is 0. The summed E-state index contributed by atoms with van der Waals surface area (Å²) in [6, 6.07) is 8.47. The molecule has 8 heteroatoms. The third-order valence-corrected chi connectivity index (χ3v) is 5.26. The van der Waals surface area contributed by atoms with Crippen molar-refractivity contribution in [1.82, 2.24) is 14.8 Å². The lowest BCUT2D eigenvalue weighted by Crippen LogP contribution is -2.16. The number of rotatable bonds is 4. The van der Waals surface area contributed by atoms with Gasteiger partial charge in [0.25, 0.3) is 0 Å². The molecule has 1 atom stereocenters. The van der Waals surface area contributed by atoms with Gasteiger partial charge in [0.2, 0.25) is 5.91 Å². The van der Waals surface area contributed by atoms with Crippen LogP contribution < -0.4 is 11.1 Å². The maximum absolute atomic E-state index is 14.2. The molecular weight excluding hydrogens is 400 g/mol. The number of amides is 1. The van der Waals surface area contributed by atoms with E-state index in [1.807, 2.05) is 19.3 Å². The van der Waals surface area contributed by atoms with Gasteiger partial charge in [0, 0.05) is 36.1 Å². The van der Waals surface area contributed by atoms with Gasteiger partial charge in [-0.1, -0.05) is 12.1 Å². The lowest BCUT2D eigenvalue weighted by molar-refractivity contribution is -0.116. The molecule has 31 heavy (non-hydrogen) atoms. The molecule has 5 rings (SSSR count). The summed E-state index contributed by atoms with van der Waals surface area (Å²) in [5.41, 5.74) is 8.41. The zero-order valence-electron chi connectivity index (χ0n) is 16.4. The number of carbonyl (C=O) groups excluding carboxylic acids is 1. The summed E-state index contributed by atoms with van der Waals surface area (Å²) >= 11 is 0. The molecule has 1 aliphatic carbocycles. The number of aromatic nitrogens is 3. The van der Waals surface area contributed by atoms with Crippen LogP contribution in [0.5, 0.6) is 0 Å². The van der Waals surface area contributed by atoms with Crippen LogP contribution in [0.2, 0.25) is 0 Å². The van der Waals surface area contributed by atoms with Crippen molar-refractivity contribution in [2.24, 2.45) is 13.0 Å². The first-order chi connectivity index (χ1) is 14.9. The van der Waals surface area contributed by atoms with Crippen molar-refractivity contribution in [3.8, 4) is 11.1 Å². The van der Waals surface area contributed by atoms with E-state index in [4.69, 9.17) is 5.73 Å². The molecule has 2 aromatic carbocycles. The SMILES string of the molecule is Cn1cc(C2=C[C@H]2C(=O)Nc2cc3cc(-c4c(F)cccc4F)cc(N)c3cn2)cn1. The highest BCUT2D eigenvalue weighted by Crippen LogP contribution is 2.39. The van der Waals surface area contributed by atoms with Crippen LogP contribution in [-0.2, 0) is 11.8 Å². The number of anilines is 2. The highest BCUT2D eigenvalue weighted by Gasteiger charge is 2.34. The van der Waals surface area contributed by atoms with Gasteiger partial charge in [0.05, 0.1) is 17.7 Å². The number of benzene rings is 2. The third kappa shape index (κ3) is 3.42. The van der Waals surface area contributed by atoms with Gasteiger partial charge in [-0.15, -0.1) is 0 Å². The molecule has 3 N–H and O–H groups in total. The third-order valence-electron chi connectivity index (χ3n) is 5.26. The summed E-state index contributed by atoms with van der Waals surface area (Å²) in [7, 11) is 1.81. The van der Waals surface area contributed by atoms with Crippen molar-refractivity contribution in [2.45, 2.75) is 0 Å². The molecule has 6 nitrogen and oxygen atoms in total. The molecule has 0 saturated heterocycles. The van der Waals surface area contributed by atoms with Gasteiger partial charge in [-0.3, -0.25) is 9.48 Å². The smallest absolute Gasteiger partial charge is 0.236 e. The van der Waals surface area contributed by atoms with Crippen LogP contribution in [0.4, 0.5) is 20.3 Å². The number of pyridine rings is 1. The predicted octanol–water partition coefficient (Wildman–Crippen LogP) is 4.15. The number of fused-ring (bicyclic) bond motifs is 1. The van der Waals surface area contributed by atoms with E-state index in [0.29, 0.717) is 27.8 Å². The number of hydrogen-bond acceptors (Lipinski definition) is 4. The molecule has 4 aromatic rings. The molecule has 0 aliphatic heterocycles. The van der Waals surface area contributed by atoms with Crippen LogP contribution in [0.3, 0.4) is 0 Å². The maximum Gasteiger partial charge on any atom is 0.236 e. The average Bonchev–Trinajstić information content (AvgIpc) is 3.41. The fourth-order valence-corrected chi connectivity index (χ4v) is 3.67. The Morgan fingerprint density at radius 1 is 1.13 bits per heavy atom. The van der Waals surface area contributed by atoms with Crippen LogP contribution in [0, 0.1) is 17.6 Å². The number of hydrogen-bond donors (Lipinski definition) is 2. The van der Waals surface area contributed by atoms with E-state index < -0.39 is 11.6 Å². The van der Waals surface area contributed by atoms with Crippen molar-refractivity contribution in [3.05, 3.63) is 78.3 Å². The van der Waals surface area contributed by atoms with Crippen molar-refractivity contribution < 1.29 is 13.6 Å². The predicted molar refractivity (Wildman–Crippen MR) is 115 cm³/mol. The number of nitrogen functional groups attached to an aromatic ring is 1. The van der Waals surface area contributed by atoms with Crippen LogP contribution in [0.15, 0.2) is 61.1 Å². The minimum absolute atomic E-state index is 0.151. The second kappa shape index (κ2) is 7.02. The van der Waals surface area contributed by atoms with Crippen molar-refractivity contribution in [3.63, 3.8) is 0 Å². The van der Waals surface area contributed by atoms with Gasteiger partial charge in [0.1, 0.15) is 17.5 Å². The van der Waals surface area contributed by atoms with E-state index >= 15 is 0 Å². The molecule has 2 aromatic heterocycles. The lowest BCUT2D eigenvalue weighted by Gasteiger charge is -2.11. The topological polar surface area (TPSA) is 85.8 Å². The first-order valence-corrected chi connectivity index (χ1v) is 9.56. The number of nitrogens with two attached hydrogens (primary N) is 1. The molecule has 0 saturated carbocycles. The van der Waals surface area contributed by atoms with Crippen LogP contribution in [-0.4, -0.2) is 20.7 Å². The first kappa shape index (κ1) is 18.9. The zero-order chi connectivity index (χ0) is 21.7. The fourth-order valence-electron chi connectivity index (χ4n) is 3.67. The van der Waals surface area contributed by atoms with Gasteiger partial charge < -0.3 is 11.1 Å². The second-order valence-corrected chi connectivity index (χ2v) is 7.44. The minimum Gasteiger partial charge on any atom is -0.398 e. The lowest BCUT2D eigenvalue weighted by atomic mass is 10.00. The molecule has 0 unspecified atom stereocenters. The average molecular weight is 417 g/mol. The van der Waals surface area contributed by atoms with E-state index in [-0.39, 0.29) is 17.4 Å². The van der Waals surface area contributed by atoms with Crippen LogP contribution >= 0.6 is 0 Å². The van der Waals surface area contributed by atoms with E-state index in [1.165, 1.54) is 30.5 Å². The molecular formula is C23H17F2N5O. The van der Waals surface area contributed by atoms with Crippen molar-refractivity contribution >= 4 is 33.8 Å². The Morgan fingerprint density at radius 3 is 2.61 bits per heavy atom. The number of aryl methyl sites for hydroxylation is 1. The van der Waals surface area contributed by atoms with E-state index in [9.17, 15) is 13.6 Å². The largest absolute Gasteiger partial charge is 0.398 e. The highest BCUT2D eigenvalue weighted by molar-refractivity contribution is 6.09. The standard InChI is InChI=1S/C23H17F2N5O/c1-30-11-14(9-28-30)15-8-16(15)23(31)29-21-7-12-5-13(6-20(26)17(12)10-27-21)22-18(24)3-2-4-19(22)25/h2-11,16H,26H2,1H3,(H,27,29,31)/t16-/m1/s1. The second-order valence-electron chi connectivity index (χ2n) is 7.44. The molecule has 2 heterocycles. The fraction of sp³-hybridized carbons (Fsp3) is 0.0870. The maximum atomic E-state index is 14.2. The minimum atomic E-state index is -0.677. The summed E-state index contributed by atoms with van der Waals surface area (Å²) in [6.07, 6.45) is 6.94. The Hall–Kier alpha value is -4.07. The number of nitrogens with zero attached hydrogens (tertiary/aromatic N) is 3. The van der Waals surface area contributed by atoms with Gasteiger partial charge in [-0.25, -0.2) is 13.8 Å². The Bertz CT molecular complexity index is 1370. The van der Waals surface area contributed by atoms with Crippen LogP contribution in [0.1, 0.15) is 5.56 Å². The normalized spacial score (nSPS) is 15.1. The Kier molecular flexibility index (Phi) is 4.28. The van der Waals surface area contributed by atoms with E-state index in [1.54, 1.807) is 23.0 Å². The molecule has 0 bridgehead atoms. The zero-order valence-corrected chi connectivity index (χ0v) is 16.4. The Balaban J connectivity index is 1.43. The first-order valence-electron chi connectivity index (χ1n) is 9.56. The Labute approximate surface area is 176 Å².